The number of halogens is 1. The van der Waals surface area contributed by atoms with Crippen LogP contribution < -0.4 is 10.1 Å². The lowest BCUT2D eigenvalue weighted by Crippen LogP contribution is -2.28. The standard InChI is InChI=1S/C18H15BrN4O4/c1-27-12-5-2-10(3-6-12)17(25)20-9-15(24)22-23-16-13-8-11(19)4-7-14(13)21-18(16)26/h2-8,21,26H,9H2,1H3,(H,20,25). The molecule has 0 radical (unpaired) electrons. The van der Waals surface area contributed by atoms with Crippen molar-refractivity contribution in [1.29, 1.82) is 0 Å². The lowest BCUT2D eigenvalue weighted by atomic mass is 10.2. The zero-order valence-electron chi connectivity index (χ0n) is 14.2. The number of aromatic hydroxyl groups is 1. The summed E-state index contributed by atoms with van der Waals surface area (Å²) >= 11 is 3.34. The third-order valence-corrected chi connectivity index (χ3v) is 4.22. The number of rotatable bonds is 5. The largest absolute Gasteiger partial charge is 0.497 e. The first-order chi connectivity index (χ1) is 13.0. The van der Waals surface area contributed by atoms with Crippen molar-refractivity contribution in [3.8, 4) is 11.6 Å². The topological polar surface area (TPSA) is 116 Å². The summed E-state index contributed by atoms with van der Waals surface area (Å²) in [5, 5.41) is 20.4. The summed E-state index contributed by atoms with van der Waals surface area (Å²) in [7, 11) is 1.53. The van der Waals surface area contributed by atoms with Crippen LogP contribution in [0, 0.1) is 0 Å². The van der Waals surface area contributed by atoms with E-state index in [0.717, 1.165) is 4.47 Å². The second kappa shape index (κ2) is 8.00. The van der Waals surface area contributed by atoms with Crippen LogP contribution >= 0.6 is 15.9 Å². The molecule has 0 saturated carbocycles. The number of benzene rings is 2. The van der Waals surface area contributed by atoms with Crippen LogP contribution in [-0.4, -0.2) is 35.6 Å². The number of nitrogens with one attached hydrogen (secondary N) is 2. The highest BCUT2D eigenvalue weighted by Crippen LogP contribution is 2.36. The molecule has 0 aliphatic heterocycles. The maximum Gasteiger partial charge on any atom is 0.283 e. The Hall–Kier alpha value is -3.20. The quantitative estimate of drug-likeness (QED) is 0.535. The molecule has 0 aliphatic carbocycles. The van der Waals surface area contributed by atoms with E-state index in [9.17, 15) is 14.7 Å². The number of azo groups is 1. The number of hydrogen-bond acceptors (Lipinski definition) is 5. The van der Waals surface area contributed by atoms with Gasteiger partial charge in [0.1, 0.15) is 12.3 Å². The fourth-order valence-corrected chi connectivity index (χ4v) is 2.74. The summed E-state index contributed by atoms with van der Waals surface area (Å²) in [6.07, 6.45) is 0. The molecule has 0 atom stereocenters. The van der Waals surface area contributed by atoms with E-state index in [1.807, 2.05) is 0 Å². The predicted octanol–water partition coefficient (Wildman–Crippen LogP) is 3.68. The number of ether oxygens (including phenoxy) is 1. The van der Waals surface area contributed by atoms with Gasteiger partial charge in [-0.3, -0.25) is 9.59 Å². The monoisotopic (exact) mass is 430 g/mol. The first kappa shape index (κ1) is 18.6. The maximum absolute atomic E-state index is 12.0. The van der Waals surface area contributed by atoms with Crippen molar-refractivity contribution >= 4 is 44.3 Å². The molecule has 0 fully saturated rings. The number of amides is 2. The Morgan fingerprint density at radius 3 is 2.67 bits per heavy atom. The van der Waals surface area contributed by atoms with Crippen molar-refractivity contribution in [3.63, 3.8) is 0 Å². The number of methoxy groups -OCH3 is 1. The van der Waals surface area contributed by atoms with Gasteiger partial charge in [0.15, 0.2) is 5.69 Å². The molecule has 0 bridgehead atoms. The summed E-state index contributed by atoms with van der Waals surface area (Å²) in [5.41, 5.74) is 1.20. The van der Waals surface area contributed by atoms with Gasteiger partial charge in [0.25, 0.3) is 11.8 Å². The summed E-state index contributed by atoms with van der Waals surface area (Å²) in [4.78, 5) is 26.7. The van der Waals surface area contributed by atoms with Crippen LogP contribution in [-0.2, 0) is 4.79 Å². The van der Waals surface area contributed by atoms with Crippen molar-refractivity contribution in [2.75, 3.05) is 13.7 Å². The summed E-state index contributed by atoms with van der Waals surface area (Å²) in [6, 6.07) is 11.8. The lowest BCUT2D eigenvalue weighted by molar-refractivity contribution is -0.117. The number of carbonyl (C=O) groups is 2. The minimum Gasteiger partial charge on any atom is -0.497 e. The molecule has 8 nitrogen and oxygen atoms in total. The van der Waals surface area contributed by atoms with Crippen LogP contribution in [0.1, 0.15) is 10.4 Å². The Kier molecular flexibility index (Phi) is 5.51. The Balaban J connectivity index is 1.64. The highest BCUT2D eigenvalue weighted by Gasteiger charge is 2.12. The van der Waals surface area contributed by atoms with Gasteiger partial charge in [0.2, 0.25) is 5.88 Å². The zero-order chi connectivity index (χ0) is 19.4. The SMILES string of the molecule is COc1ccc(C(=O)NCC(=O)N=Nc2c(O)[nH]c3ccc(Br)cc23)cc1. The zero-order valence-corrected chi connectivity index (χ0v) is 15.8. The summed E-state index contributed by atoms with van der Waals surface area (Å²) in [5.74, 6) is -0.635. The molecular formula is C18H15BrN4O4. The predicted molar refractivity (Wildman–Crippen MR) is 103 cm³/mol. The van der Waals surface area contributed by atoms with Crippen LogP contribution in [0.15, 0.2) is 57.2 Å². The molecule has 0 saturated heterocycles. The van der Waals surface area contributed by atoms with Crippen molar-refractivity contribution in [3.05, 3.63) is 52.5 Å². The van der Waals surface area contributed by atoms with Crippen LogP contribution in [0.25, 0.3) is 10.9 Å². The van der Waals surface area contributed by atoms with E-state index in [1.165, 1.54) is 7.11 Å². The third-order valence-electron chi connectivity index (χ3n) is 3.73. The molecule has 2 aromatic carbocycles. The molecule has 27 heavy (non-hydrogen) atoms. The van der Waals surface area contributed by atoms with Gasteiger partial charge in [-0.05, 0) is 42.5 Å². The number of carbonyl (C=O) groups excluding carboxylic acids is 2. The molecule has 2 amide bonds. The second-order valence-electron chi connectivity index (χ2n) is 5.52. The van der Waals surface area contributed by atoms with E-state index in [-0.39, 0.29) is 18.1 Å². The van der Waals surface area contributed by atoms with Gasteiger partial charge in [-0.1, -0.05) is 15.9 Å². The molecule has 1 heterocycles. The summed E-state index contributed by atoms with van der Waals surface area (Å²) < 4.78 is 5.82. The number of fused-ring (bicyclic) bond motifs is 1. The highest BCUT2D eigenvalue weighted by atomic mass is 79.9. The molecule has 0 unspecified atom stereocenters. The number of hydrogen-bond donors (Lipinski definition) is 3. The first-order valence-corrected chi connectivity index (χ1v) is 8.64. The Bertz CT molecular complexity index is 1030. The second-order valence-corrected chi connectivity index (χ2v) is 6.43. The minimum atomic E-state index is -0.652. The van der Waals surface area contributed by atoms with Crippen molar-refractivity contribution in [1.82, 2.24) is 10.3 Å². The minimum absolute atomic E-state index is 0.154. The van der Waals surface area contributed by atoms with E-state index in [0.29, 0.717) is 22.2 Å². The van der Waals surface area contributed by atoms with Crippen LogP contribution in [0.4, 0.5) is 5.69 Å². The lowest BCUT2D eigenvalue weighted by Gasteiger charge is -2.03. The van der Waals surface area contributed by atoms with Gasteiger partial charge in [0, 0.05) is 15.4 Å². The van der Waals surface area contributed by atoms with E-state index in [2.05, 4.69) is 36.5 Å². The van der Waals surface area contributed by atoms with Gasteiger partial charge in [-0.2, -0.15) is 0 Å². The molecular weight excluding hydrogens is 416 g/mol. The molecule has 3 N–H and O–H groups in total. The average molecular weight is 431 g/mol. The third kappa shape index (κ3) is 4.32. The van der Waals surface area contributed by atoms with Gasteiger partial charge < -0.3 is 20.1 Å². The van der Waals surface area contributed by atoms with Crippen molar-refractivity contribution in [2.24, 2.45) is 10.2 Å². The van der Waals surface area contributed by atoms with Gasteiger partial charge in [-0.15, -0.1) is 10.2 Å². The molecule has 0 spiro atoms. The van der Waals surface area contributed by atoms with Crippen molar-refractivity contribution in [2.45, 2.75) is 0 Å². The normalized spacial score (nSPS) is 11.0. The van der Waals surface area contributed by atoms with Crippen molar-refractivity contribution < 1.29 is 19.4 Å². The van der Waals surface area contributed by atoms with Gasteiger partial charge in [-0.25, -0.2) is 0 Å². The summed E-state index contributed by atoms with van der Waals surface area (Å²) in [6.45, 7) is -0.318. The molecule has 138 valence electrons. The molecule has 1 aromatic heterocycles. The molecule has 9 heteroatoms. The number of aromatic nitrogens is 1. The fraction of sp³-hybridized carbons (Fsp3) is 0.111. The van der Waals surface area contributed by atoms with Crippen LogP contribution in [0.2, 0.25) is 0 Å². The fourth-order valence-electron chi connectivity index (χ4n) is 2.38. The first-order valence-electron chi connectivity index (χ1n) is 7.85. The molecule has 0 aliphatic rings. The molecule has 3 rings (SSSR count). The van der Waals surface area contributed by atoms with Gasteiger partial charge >= 0.3 is 0 Å². The van der Waals surface area contributed by atoms with E-state index >= 15 is 0 Å². The maximum atomic E-state index is 12.0. The van der Waals surface area contributed by atoms with E-state index < -0.39 is 11.8 Å². The number of nitrogens with zero attached hydrogens (tertiary/aromatic N) is 2. The molecule has 3 aromatic rings. The average Bonchev–Trinajstić information content (AvgIpc) is 2.98. The van der Waals surface area contributed by atoms with E-state index in [4.69, 9.17) is 4.74 Å². The van der Waals surface area contributed by atoms with E-state index in [1.54, 1.807) is 42.5 Å². The van der Waals surface area contributed by atoms with Crippen LogP contribution in [0.5, 0.6) is 11.6 Å². The number of H-pyrrole nitrogens is 1. The number of aromatic amines is 1. The highest BCUT2D eigenvalue weighted by molar-refractivity contribution is 9.10. The Morgan fingerprint density at radius 1 is 1.22 bits per heavy atom. The van der Waals surface area contributed by atoms with Crippen LogP contribution in [0.3, 0.4) is 0 Å². The smallest absolute Gasteiger partial charge is 0.283 e. The van der Waals surface area contributed by atoms with Gasteiger partial charge in [0.05, 0.1) is 12.6 Å². The Labute approximate surface area is 162 Å². The Morgan fingerprint density at radius 2 is 1.96 bits per heavy atom.